The molecule has 1 aliphatic rings. The summed E-state index contributed by atoms with van der Waals surface area (Å²) in [5, 5.41) is 0. The fourth-order valence-electron chi connectivity index (χ4n) is 2.76. The van der Waals surface area contributed by atoms with Crippen LogP contribution in [0.4, 0.5) is 0 Å². The molecule has 1 amide bonds. The van der Waals surface area contributed by atoms with Crippen LogP contribution in [0.5, 0.6) is 0 Å². The molecule has 1 saturated heterocycles. The molecule has 0 aliphatic carbocycles. The normalized spacial score (nSPS) is 21.0. The van der Waals surface area contributed by atoms with E-state index < -0.39 is 0 Å². The third-order valence-electron chi connectivity index (χ3n) is 4.01. The lowest BCUT2D eigenvalue weighted by atomic mass is 9.94. The predicted octanol–water partition coefficient (Wildman–Crippen LogP) is 2.76. The highest BCUT2D eigenvalue weighted by molar-refractivity contribution is 5.86. The molecule has 0 radical (unpaired) electrons. The Morgan fingerprint density at radius 2 is 2.05 bits per heavy atom. The lowest BCUT2D eigenvalue weighted by Crippen LogP contribution is -2.50. The van der Waals surface area contributed by atoms with Crippen molar-refractivity contribution in [3.8, 4) is 0 Å². The molecule has 4 heteroatoms. The van der Waals surface area contributed by atoms with Crippen LogP contribution in [-0.4, -0.2) is 36.5 Å². The molecular weight excluding hydrogens is 242 g/mol. The number of likely N-dealkylation sites (tertiary alicyclic amines) is 1. The monoisotopic (exact) mass is 269 g/mol. The number of piperidine rings is 1. The minimum Gasteiger partial charge on any atom is -0.467 e. The van der Waals surface area contributed by atoms with Gasteiger partial charge < -0.3 is 9.64 Å². The number of ether oxygens (including phenoxy) is 1. The van der Waals surface area contributed by atoms with E-state index in [4.69, 9.17) is 4.74 Å². The van der Waals surface area contributed by atoms with Gasteiger partial charge in [-0.2, -0.15) is 0 Å². The number of amides is 1. The van der Waals surface area contributed by atoms with Crippen molar-refractivity contribution in [3.63, 3.8) is 0 Å². The van der Waals surface area contributed by atoms with Crippen LogP contribution in [0.3, 0.4) is 0 Å². The van der Waals surface area contributed by atoms with E-state index in [9.17, 15) is 9.59 Å². The predicted molar refractivity (Wildman–Crippen MR) is 74.7 cm³/mol. The molecule has 110 valence electrons. The standard InChI is InChI=1S/C15H27NO3/c1-4-6-9-12(5-2)14(17)16-11-8-7-10-13(16)15(18)19-3/h12-13H,4-11H2,1-3H3. The van der Waals surface area contributed by atoms with Crippen molar-refractivity contribution in [2.75, 3.05) is 13.7 Å². The van der Waals surface area contributed by atoms with Crippen molar-refractivity contribution in [2.45, 2.75) is 64.8 Å². The van der Waals surface area contributed by atoms with Crippen LogP contribution in [-0.2, 0) is 14.3 Å². The lowest BCUT2D eigenvalue weighted by Gasteiger charge is -2.36. The number of hydrogen-bond donors (Lipinski definition) is 0. The Bertz CT molecular complexity index is 304. The molecule has 0 aromatic heterocycles. The Labute approximate surface area is 116 Å². The van der Waals surface area contributed by atoms with Gasteiger partial charge in [-0.3, -0.25) is 4.79 Å². The van der Waals surface area contributed by atoms with E-state index in [2.05, 4.69) is 13.8 Å². The van der Waals surface area contributed by atoms with Crippen LogP contribution >= 0.6 is 0 Å². The Hall–Kier alpha value is -1.06. The quantitative estimate of drug-likeness (QED) is 0.697. The van der Waals surface area contributed by atoms with Gasteiger partial charge in [-0.1, -0.05) is 26.7 Å². The molecule has 1 heterocycles. The summed E-state index contributed by atoms with van der Waals surface area (Å²) in [4.78, 5) is 26.1. The summed E-state index contributed by atoms with van der Waals surface area (Å²) in [6, 6.07) is -0.359. The maximum Gasteiger partial charge on any atom is 0.328 e. The molecule has 1 rings (SSSR count). The number of carbonyl (C=O) groups is 2. The summed E-state index contributed by atoms with van der Waals surface area (Å²) in [5.74, 6) is -0.0605. The summed E-state index contributed by atoms with van der Waals surface area (Å²) in [7, 11) is 1.40. The molecule has 0 aromatic carbocycles. The summed E-state index contributed by atoms with van der Waals surface area (Å²) < 4.78 is 4.83. The minimum atomic E-state index is -0.359. The molecule has 0 saturated carbocycles. The van der Waals surface area contributed by atoms with E-state index in [1.54, 1.807) is 4.90 Å². The molecule has 0 spiro atoms. The van der Waals surface area contributed by atoms with Crippen molar-refractivity contribution in [3.05, 3.63) is 0 Å². The van der Waals surface area contributed by atoms with Gasteiger partial charge in [0.05, 0.1) is 7.11 Å². The average molecular weight is 269 g/mol. The summed E-state index contributed by atoms with van der Waals surface area (Å²) >= 11 is 0. The summed E-state index contributed by atoms with van der Waals surface area (Å²) in [5.41, 5.74) is 0. The number of nitrogens with zero attached hydrogens (tertiary/aromatic N) is 1. The Balaban J connectivity index is 2.72. The van der Waals surface area contributed by atoms with Crippen molar-refractivity contribution < 1.29 is 14.3 Å². The fraction of sp³-hybridized carbons (Fsp3) is 0.867. The van der Waals surface area contributed by atoms with Crippen LogP contribution in [0.25, 0.3) is 0 Å². The van der Waals surface area contributed by atoms with Gasteiger partial charge >= 0.3 is 5.97 Å². The first kappa shape index (κ1) is 16.0. The van der Waals surface area contributed by atoms with Gasteiger partial charge in [-0.15, -0.1) is 0 Å². The molecule has 4 nitrogen and oxygen atoms in total. The molecule has 2 atom stereocenters. The third kappa shape index (κ3) is 4.22. The molecule has 1 fully saturated rings. The van der Waals surface area contributed by atoms with Gasteiger partial charge in [0.1, 0.15) is 6.04 Å². The van der Waals surface area contributed by atoms with Crippen molar-refractivity contribution in [1.29, 1.82) is 0 Å². The number of esters is 1. The van der Waals surface area contributed by atoms with Crippen molar-refractivity contribution >= 4 is 11.9 Å². The van der Waals surface area contributed by atoms with Crippen LogP contribution in [0.1, 0.15) is 58.8 Å². The fourth-order valence-corrected chi connectivity index (χ4v) is 2.76. The summed E-state index contributed by atoms with van der Waals surface area (Å²) in [6.07, 6.45) is 6.67. The SMILES string of the molecule is CCCCC(CC)C(=O)N1CCCCC1C(=O)OC. The molecule has 0 bridgehead atoms. The van der Waals surface area contributed by atoms with Gasteiger partial charge in [0.15, 0.2) is 0 Å². The number of carbonyl (C=O) groups excluding carboxylic acids is 2. The first-order chi connectivity index (χ1) is 9.15. The third-order valence-corrected chi connectivity index (χ3v) is 4.01. The van der Waals surface area contributed by atoms with Crippen LogP contribution in [0.15, 0.2) is 0 Å². The van der Waals surface area contributed by atoms with Crippen LogP contribution in [0, 0.1) is 5.92 Å². The highest BCUT2D eigenvalue weighted by Crippen LogP contribution is 2.23. The maximum absolute atomic E-state index is 12.6. The number of unbranched alkanes of at least 4 members (excludes halogenated alkanes) is 1. The van der Waals surface area contributed by atoms with E-state index >= 15 is 0 Å². The molecule has 1 aliphatic heterocycles. The van der Waals surface area contributed by atoms with E-state index in [-0.39, 0.29) is 23.8 Å². The second kappa shape index (κ2) is 8.18. The van der Waals surface area contributed by atoms with Gasteiger partial charge in [0.25, 0.3) is 0 Å². The second-order valence-corrected chi connectivity index (χ2v) is 5.31. The number of methoxy groups -OCH3 is 1. The average Bonchev–Trinajstić information content (AvgIpc) is 2.47. The van der Waals surface area contributed by atoms with Crippen molar-refractivity contribution in [2.24, 2.45) is 5.92 Å². The van der Waals surface area contributed by atoms with Gasteiger partial charge in [0, 0.05) is 12.5 Å². The Morgan fingerprint density at radius 1 is 1.32 bits per heavy atom. The van der Waals surface area contributed by atoms with Crippen molar-refractivity contribution in [1.82, 2.24) is 4.90 Å². The zero-order valence-electron chi connectivity index (χ0n) is 12.5. The molecule has 2 unspecified atom stereocenters. The van der Waals surface area contributed by atoms with Gasteiger partial charge in [0.2, 0.25) is 5.91 Å². The molecule has 0 N–H and O–H groups in total. The highest BCUT2D eigenvalue weighted by atomic mass is 16.5. The summed E-state index contributed by atoms with van der Waals surface area (Å²) in [6.45, 7) is 4.88. The van der Waals surface area contributed by atoms with Crippen LogP contribution < -0.4 is 0 Å². The smallest absolute Gasteiger partial charge is 0.328 e. The molecule has 19 heavy (non-hydrogen) atoms. The topological polar surface area (TPSA) is 46.6 Å². The van der Waals surface area contributed by atoms with E-state index in [0.717, 1.165) is 44.9 Å². The highest BCUT2D eigenvalue weighted by Gasteiger charge is 2.35. The molecular formula is C15H27NO3. The Morgan fingerprint density at radius 3 is 2.63 bits per heavy atom. The zero-order valence-corrected chi connectivity index (χ0v) is 12.5. The maximum atomic E-state index is 12.6. The van der Waals surface area contributed by atoms with Gasteiger partial charge in [-0.05, 0) is 32.1 Å². The minimum absolute atomic E-state index is 0.0604. The number of rotatable bonds is 6. The van der Waals surface area contributed by atoms with Crippen LogP contribution in [0.2, 0.25) is 0 Å². The number of hydrogen-bond acceptors (Lipinski definition) is 3. The van der Waals surface area contributed by atoms with E-state index in [0.29, 0.717) is 6.54 Å². The largest absolute Gasteiger partial charge is 0.467 e. The van der Waals surface area contributed by atoms with E-state index in [1.165, 1.54) is 7.11 Å². The second-order valence-electron chi connectivity index (χ2n) is 5.31. The molecule has 0 aromatic rings. The lowest BCUT2D eigenvalue weighted by molar-refractivity contribution is -0.156. The van der Waals surface area contributed by atoms with Gasteiger partial charge in [-0.25, -0.2) is 4.79 Å². The first-order valence-corrected chi connectivity index (χ1v) is 7.53. The zero-order chi connectivity index (χ0) is 14.3. The Kier molecular flexibility index (Phi) is 6.89. The van der Waals surface area contributed by atoms with E-state index in [1.807, 2.05) is 0 Å². The first-order valence-electron chi connectivity index (χ1n) is 7.53.